The highest BCUT2D eigenvalue weighted by Gasteiger charge is 2.53. The van der Waals surface area contributed by atoms with E-state index in [0.717, 1.165) is 24.8 Å². The third-order valence-electron chi connectivity index (χ3n) is 7.49. The van der Waals surface area contributed by atoms with Crippen molar-refractivity contribution < 1.29 is 19.2 Å². The zero-order valence-corrected chi connectivity index (χ0v) is 17.1. The minimum absolute atomic E-state index is 0.110. The van der Waals surface area contributed by atoms with E-state index < -0.39 is 10.8 Å². The number of benzene rings is 1. The van der Waals surface area contributed by atoms with Gasteiger partial charge in [-0.1, -0.05) is 6.07 Å². The van der Waals surface area contributed by atoms with Gasteiger partial charge >= 0.3 is 5.69 Å². The van der Waals surface area contributed by atoms with E-state index in [1.165, 1.54) is 25.5 Å². The molecule has 0 saturated heterocycles. The Morgan fingerprint density at radius 3 is 2.52 bits per heavy atom. The molecule has 1 aromatic heterocycles. The number of amides is 1. The molecule has 4 fully saturated rings. The van der Waals surface area contributed by atoms with Crippen molar-refractivity contribution in [1.82, 2.24) is 15.1 Å². The maximum atomic E-state index is 12.9. The number of rotatable bonds is 5. The molecule has 1 aliphatic heterocycles. The molecule has 162 valence electrons. The molecule has 9 heteroatoms. The van der Waals surface area contributed by atoms with Gasteiger partial charge in [0, 0.05) is 6.54 Å². The highest BCUT2D eigenvalue weighted by molar-refractivity contribution is 5.96. The van der Waals surface area contributed by atoms with Crippen LogP contribution < -0.4 is 14.8 Å². The van der Waals surface area contributed by atoms with Crippen LogP contribution in [0.25, 0.3) is 0 Å². The number of nitrogens with one attached hydrogen (secondary N) is 1. The predicted molar refractivity (Wildman–Crippen MR) is 109 cm³/mol. The summed E-state index contributed by atoms with van der Waals surface area (Å²) in [6.07, 6.45) is 8.33. The highest BCUT2D eigenvalue weighted by atomic mass is 16.7. The lowest BCUT2D eigenvalue weighted by atomic mass is 9.53. The van der Waals surface area contributed by atoms with Gasteiger partial charge in [-0.25, -0.2) is 0 Å². The zero-order chi connectivity index (χ0) is 21.2. The lowest BCUT2D eigenvalue weighted by molar-refractivity contribution is -0.385. The van der Waals surface area contributed by atoms with Crippen molar-refractivity contribution in [3.8, 4) is 11.5 Å². The van der Waals surface area contributed by atoms with Crippen LogP contribution in [0.1, 0.15) is 54.6 Å². The molecule has 31 heavy (non-hydrogen) atoms. The van der Waals surface area contributed by atoms with Gasteiger partial charge in [0.05, 0.1) is 10.5 Å². The monoisotopic (exact) mass is 424 g/mol. The summed E-state index contributed by atoms with van der Waals surface area (Å²) in [5.41, 5.74) is 0.316. The van der Waals surface area contributed by atoms with Gasteiger partial charge in [-0.3, -0.25) is 19.6 Å². The van der Waals surface area contributed by atoms with Crippen molar-refractivity contribution in [3.63, 3.8) is 0 Å². The Hall–Kier alpha value is -3.10. The third kappa shape index (κ3) is 3.05. The Morgan fingerprint density at radius 2 is 1.84 bits per heavy atom. The second kappa shape index (κ2) is 6.70. The number of hydrogen-bond acceptors (Lipinski definition) is 6. The Balaban J connectivity index is 1.25. The largest absolute Gasteiger partial charge is 0.454 e. The van der Waals surface area contributed by atoms with Gasteiger partial charge < -0.3 is 14.8 Å². The Morgan fingerprint density at radius 1 is 1.16 bits per heavy atom. The van der Waals surface area contributed by atoms with E-state index in [1.54, 1.807) is 16.8 Å². The van der Waals surface area contributed by atoms with Gasteiger partial charge in [-0.2, -0.15) is 5.10 Å². The molecule has 2 aromatic rings. The second-order valence-electron chi connectivity index (χ2n) is 9.58. The van der Waals surface area contributed by atoms with Gasteiger partial charge in [0.25, 0.3) is 5.91 Å². The van der Waals surface area contributed by atoms with Gasteiger partial charge in [-0.15, -0.1) is 0 Å². The van der Waals surface area contributed by atoms with Crippen molar-refractivity contribution in [2.75, 3.05) is 6.79 Å². The van der Waals surface area contributed by atoms with E-state index in [4.69, 9.17) is 9.47 Å². The quantitative estimate of drug-likeness (QED) is 0.582. The van der Waals surface area contributed by atoms with Crippen molar-refractivity contribution in [1.29, 1.82) is 0 Å². The molecule has 4 bridgehead atoms. The van der Waals surface area contributed by atoms with Crippen LogP contribution >= 0.6 is 0 Å². The van der Waals surface area contributed by atoms with Crippen LogP contribution in [0.5, 0.6) is 11.5 Å². The summed E-state index contributed by atoms with van der Waals surface area (Å²) in [6.45, 7) is 0.399. The standard InChI is InChI=1S/C22H24N4O5/c27-21(23-10-13-1-2-18-19(6-13)31-12-30-18)20-17(26(28)29)11-25(24-20)22-7-14-3-15(8-22)5-16(4-14)9-22/h1-2,6,11,14-16H,3-5,7-10,12H2,(H,23,27). The van der Waals surface area contributed by atoms with Crippen LogP contribution in [0.4, 0.5) is 5.69 Å². The van der Waals surface area contributed by atoms with E-state index in [1.807, 2.05) is 6.07 Å². The van der Waals surface area contributed by atoms with Crippen LogP contribution in [-0.2, 0) is 12.1 Å². The highest BCUT2D eigenvalue weighted by Crippen LogP contribution is 2.58. The van der Waals surface area contributed by atoms with Crippen molar-refractivity contribution in [3.05, 3.63) is 45.8 Å². The van der Waals surface area contributed by atoms with E-state index >= 15 is 0 Å². The van der Waals surface area contributed by atoms with Crippen LogP contribution in [0.15, 0.2) is 24.4 Å². The molecule has 1 aromatic carbocycles. The number of nitrogens with zero attached hydrogens (tertiary/aromatic N) is 3. The Bertz CT molecular complexity index is 1040. The maximum absolute atomic E-state index is 12.9. The summed E-state index contributed by atoms with van der Waals surface area (Å²) in [7, 11) is 0. The molecule has 7 rings (SSSR count). The molecule has 4 aliphatic carbocycles. The average molecular weight is 424 g/mol. The van der Waals surface area contributed by atoms with Crippen LogP contribution in [-0.4, -0.2) is 27.4 Å². The number of hydrogen-bond donors (Lipinski definition) is 1. The summed E-state index contributed by atoms with van der Waals surface area (Å²) in [5.74, 6) is 2.80. The molecule has 2 heterocycles. The minimum atomic E-state index is -0.534. The van der Waals surface area contributed by atoms with Gasteiger partial charge in [0.1, 0.15) is 6.20 Å². The predicted octanol–water partition coefficient (Wildman–Crippen LogP) is 3.38. The third-order valence-corrected chi connectivity index (χ3v) is 7.49. The summed E-state index contributed by atoms with van der Waals surface area (Å²) < 4.78 is 12.4. The molecule has 9 nitrogen and oxygen atoms in total. The van der Waals surface area contributed by atoms with E-state index in [0.29, 0.717) is 29.3 Å². The summed E-state index contributed by atoms with van der Waals surface area (Å²) in [5, 5.41) is 19.0. The second-order valence-corrected chi connectivity index (χ2v) is 9.58. The first-order valence-corrected chi connectivity index (χ1v) is 10.9. The molecular weight excluding hydrogens is 400 g/mol. The molecule has 1 amide bonds. The van der Waals surface area contributed by atoms with E-state index in [2.05, 4.69) is 10.4 Å². The fourth-order valence-corrected chi connectivity index (χ4v) is 6.57. The molecule has 0 unspecified atom stereocenters. The summed E-state index contributed by atoms with van der Waals surface area (Å²) in [4.78, 5) is 24.1. The topological polar surface area (TPSA) is 109 Å². The Kier molecular flexibility index (Phi) is 4.03. The molecule has 1 N–H and O–H groups in total. The number of aromatic nitrogens is 2. The minimum Gasteiger partial charge on any atom is -0.454 e. The Labute approximate surface area is 178 Å². The smallest absolute Gasteiger partial charge is 0.320 e. The fraction of sp³-hybridized carbons (Fsp3) is 0.545. The number of carbonyl (C=O) groups excluding carboxylic acids is 1. The normalized spacial score (nSPS) is 29.9. The van der Waals surface area contributed by atoms with E-state index in [-0.39, 0.29) is 30.3 Å². The van der Waals surface area contributed by atoms with Crippen LogP contribution in [0.2, 0.25) is 0 Å². The number of nitro groups is 1. The van der Waals surface area contributed by atoms with E-state index in [9.17, 15) is 14.9 Å². The molecule has 4 saturated carbocycles. The molecule has 0 atom stereocenters. The number of carbonyl (C=O) groups is 1. The first kappa shape index (κ1) is 18.7. The lowest BCUT2D eigenvalue weighted by Gasteiger charge is -2.56. The lowest BCUT2D eigenvalue weighted by Crippen LogP contribution is -2.52. The van der Waals surface area contributed by atoms with Gasteiger partial charge in [0.2, 0.25) is 12.5 Å². The van der Waals surface area contributed by atoms with Crippen LogP contribution in [0, 0.1) is 27.9 Å². The first-order chi connectivity index (χ1) is 15.0. The number of fused-ring (bicyclic) bond motifs is 1. The summed E-state index contributed by atoms with van der Waals surface area (Å²) >= 11 is 0. The first-order valence-electron chi connectivity index (χ1n) is 10.9. The molecule has 0 radical (unpaired) electrons. The maximum Gasteiger partial charge on any atom is 0.320 e. The zero-order valence-electron chi connectivity index (χ0n) is 17.1. The van der Waals surface area contributed by atoms with Gasteiger partial charge in [-0.05, 0) is 74.0 Å². The summed E-state index contributed by atoms with van der Waals surface area (Å²) in [6, 6.07) is 5.41. The molecule has 0 spiro atoms. The fourth-order valence-electron chi connectivity index (χ4n) is 6.57. The van der Waals surface area contributed by atoms with Gasteiger partial charge in [0.15, 0.2) is 11.5 Å². The van der Waals surface area contributed by atoms with Crippen molar-refractivity contribution in [2.45, 2.75) is 50.6 Å². The van der Waals surface area contributed by atoms with Crippen molar-refractivity contribution in [2.24, 2.45) is 17.8 Å². The van der Waals surface area contributed by atoms with Crippen LogP contribution in [0.3, 0.4) is 0 Å². The molecular formula is C22H24N4O5. The SMILES string of the molecule is O=C(NCc1ccc2c(c1)OCO2)c1nn(C23CC4CC(CC(C4)C2)C3)cc1[N+](=O)[O-]. The number of ether oxygens (including phenoxy) is 2. The van der Waals surface area contributed by atoms with Crippen molar-refractivity contribution >= 4 is 11.6 Å². The molecule has 5 aliphatic rings. The average Bonchev–Trinajstić information content (AvgIpc) is 3.38.